The average Bonchev–Trinajstić information content (AvgIpc) is 2.53. The summed E-state index contributed by atoms with van der Waals surface area (Å²) in [4.78, 5) is 0. The molecule has 0 heterocycles. The van der Waals surface area contributed by atoms with Crippen LogP contribution in [-0.4, -0.2) is 0 Å². The molecule has 0 bridgehead atoms. The Morgan fingerprint density at radius 2 is 1.25 bits per heavy atom. The zero-order valence-electron chi connectivity index (χ0n) is 9.75. The molecule has 2 aromatic rings. The van der Waals surface area contributed by atoms with Crippen LogP contribution in [0.5, 0.6) is 0 Å². The summed E-state index contributed by atoms with van der Waals surface area (Å²) in [6.45, 7) is 4.38. The first-order valence-electron chi connectivity index (χ1n) is 5.71. The van der Waals surface area contributed by atoms with Crippen molar-refractivity contribution in [1.29, 1.82) is 0 Å². The molecule has 0 saturated carbocycles. The minimum absolute atomic E-state index is 0.741. The molecule has 0 N–H and O–H groups in total. The van der Waals surface area contributed by atoms with Gasteiger partial charge < -0.3 is 0 Å². The van der Waals surface area contributed by atoms with Crippen molar-refractivity contribution in [1.82, 2.24) is 0 Å². The Hall–Kier alpha value is -0.625. The van der Waals surface area contributed by atoms with Crippen LogP contribution < -0.4 is 0 Å². The van der Waals surface area contributed by atoms with E-state index in [1.165, 1.54) is 22.3 Å². The molecule has 0 aliphatic heterocycles. The average molecular weight is 394 g/mol. The topological polar surface area (TPSA) is 0 Å². The van der Waals surface area contributed by atoms with Crippen LogP contribution >= 0.6 is 0 Å². The Labute approximate surface area is 113 Å². The zero-order chi connectivity index (χ0) is 11.3. The first kappa shape index (κ1) is 10.5. The van der Waals surface area contributed by atoms with Crippen LogP contribution in [0.3, 0.4) is 0 Å². The summed E-state index contributed by atoms with van der Waals surface area (Å²) < 4.78 is 0.741. The molecule has 1 heteroatoms. The standard InChI is InChI=1S/C15H13.Hg/c1-10-3-5-14-12(7-10)9-13-8-11(2)4-6-15(13)14;/h3-9H,1-2H3;. The Bertz CT molecular complexity index is 518. The van der Waals surface area contributed by atoms with Gasteiger partial charge in [-0.05, 0) is 0 Å². The molecule has 75 valence electrons. The quantitative estimate of drug-likeness (QED) is 0.595. The van der Waals surface area contributed by atoms with Crippen LogP contribution in [0.25, 0.3) is 11.1 Å². The van der Waals surface area contributed by atoms with Gasteiger partial charge in [0.1, 0.15) is 0 Å². The third-order valence-corrected chi connectivity index (χ3v) is 6.87. The molecule has 0 aromatic heterocycles. The predicted octanol–water partition coefficient (Wildman–Crippen LogP) is 3.92. The number of benzene rings is 2. The number of aryl methyl sites for hydroxylation is 2. The fourth-order valence-electron chi connectivity index (χ4n) is 2.60. The van der Waals surface area contributed by atoms with Gasteiger partial charge in [-0.1, -0.05) is 0 Å². The second-order valence-corrected chi connectivity index (χ2v) is 7.91. The van der Waals surface area contributed by atoms with E-state index < -0.39 is 0 Å². The third-order valence-electron chi connectivity index (χ3n) is 3.46. The van der Waals surface area contributed by atoms with Gasteiger partial charge in [0.15, 0.2) is 0 Å². The summed E-state index contributed by atoms with van der Waals surface area (Å²) in [5.41, 5.74) is 8.87. The van der Waals surface area contributed by atoms with Gasteiger partial charge in [-0.2, -0.15) is 0 Å². The van der Waals surface area contributed by atoms with Gasteiger partial charge in [0.2, 0.25) is 0 Å². The van der Waals surface area contributed by atoms with E-state index >= 15 is 0 Å². The van der Waals surface area contributed by atoms with Crippen molar-refractivity contribution < 1.29 is 26.1 Å². The van der Waals surface area contributed by atoms with Gasteiger partial charge in [0.05, 0.1) is 0 Å². The van der Waals surface area contributed by atoms with Crippen LogP contribution in [0.2, 0.25) is 0 Å². The van der Waals surface area contributed by atoms with Gasteiger partial charge >= 0.3 is 113 Å². The van der Waals surface area contributed by atoms with Crippen molar-refractivity contribution in [2.75, 3.05) is 0 Å². The van der Waals surface area contributed by atoms with Crippen LogP contribution in [-0.2, 0) is 26.1 Å². The normalized spacial score (nSPS) is 13.8. The summed E-state index contributed by atoms with van der Waals surface area (Å²) >= 11 is 0.759. The number of rotatable bonds is 0. The molecule has 0 atom stereocenters. The van der Waals surface area contributed by atoms with E-state index in [0.717, 1.165) is 29.5 Å². The van der Waals surface area contributed by atoms with E-state index in [-0.39, 0.29) is 0 Å². The van der Waals surface area contributed by atoms with Gasteiger partial charge in [-0.3, -0.25) is 0 Å². The molecule has 1 aliphatic carbocycles. The SMILES string of the molecule is Cc1ccc2c(c1)[CH]([Hg])c1cc(C)ccc1-2. The molecule has 0 nitrogen and oxygen atoms in total. The Morgan fingerprint density at radius 1 is 0.812 bits per heavy atom. The summed E-state index contributed by atoms with van der Waals surface area (Å²) in [5, 5.41) is 0. The third kappa shape index (κ3) is 1.47. The van der Waals surface area contributed by atoms with Crippen molar-refractivity contribution >= 4 is 0 Å². The molecule has 2 aromatic carbocycles. The first-order chi connectivity index (χ1) is 7.66. The number of hydrogen-bond donors (Lipinski definition) is 0. The Kier molecular flexibility index (Phi) is 2.43. The monoisotopic (exact) mass is 395 g/mol. The van der Waals surface area contributed by atoms with Crippen molar-refractivity contribution in [3.05, 3.63) is 58.7 Å². The molecule has 16 heavy (non-hydrogen) atoms. The first-order valence-corrected chi connectivity index (χ1v) is 8.89. The predicted molar refractivity (Wildman–Crippen MR) is 63.2 cm³/mol. The Morgan fingerprint density at radius 3 is 1.69 bits per heavy atom. The summed E-state index contributed by atoms with van der Waals surface area (Å²) in [7, 11) is 0. The molecule has 1 aliphatic rings. The van der Waals surface area contributed by atoms with Gasteiger partial charge in [0, 0.05) is 0 Å². The molecule has 0 saturated heterocycles. The van der Waals surface area contributed by atoms with E-state index in [1.54, 1.807) is 11.1 Å². The van der Waals surface area contributed by atoms with Crippen molar-refractivity contribution in [3.8, 4) is 11.1 Å². The fraction of sp³-hybridized carbons (Fsp3) is 0.200. The van der Waals surface area contributed by atoms with E-state index in [4.69, 9.17) is 0 Å². The summed E-state index contributed by atoms with van der Waals surface area (Å²) in [5.74, 6) is 0. The molecular weight excluding hydrogens is 381 g/mol. The van der Waals surface area contributed by atoms with Gasteiger partial charge in [0.25, 0.3) is 0 Å². The van der Waals surface area contributed by atoms with Crippen molar-refractivity contribution in [3.63, 3.8) is 0 Å². The van der Waals surface area contributed by atoms with Crippen molar-refractivity contribution in [2.24, 2.45) is 0 Å². The van der Waals surface area contributed by atoms with E-state index in [9.17, 15) is 0 Å². The molecule has 0 unspecified atom stereocenters. The van der Waals surface area contributed by atoms with Crippen LogP contribution in [0.4, 0.5) is 0 Å². The fourth-order valence-corrected chi connectivity index (χ4v) is 5.23. The molecule has 0 radical (unpaired) electrons. The molecule has 0 amide bonds. The number of hydrogen-bond acceptors (Lipinski definition) is 0. The molecule has 0 fully saturated rings. The molecular formula is C15H13Hg. The maximum absolute atomic E-state index is 2.38. The number of fused-ring (bicyclic) bond motifs is 3. The second kappa shape index (κ2) is 3.70. The van der Waals surface area contributed by atoms with E-state index in [0.29, 0.717) is 0 Å². The summed E-state index contributed by atoms with van der Waals surface area (Å²) in [6, 6.07) is 13.8. The zero-order valence-corrected chi connectivity index (χ0v) is 15.2. The van der Waals surface area contributed by atoms with Crippen LogP contribution in [0, 0.1) is 13.8 Å². The van der Waals surface area contributed by atoms with Gasteiger partial charge in [-0.15, -0.1) is 0 Å². The minimum atomic E-state index is 0.741. The van der Waals surface area contributed by atoms with Gasteiger partial charge in [-0.25, -0.2) is 0 Å². The molecule has 0 spiro atoms. The summed E-state index contributed by atoms with van der Waals surface area (Å²) in [6.07, 6.45) is 0. The maximum atomic E-state index is 2.38. The Balaban J connectivity index is 2.30. The van der Waals surface area contributed by atoms with E-state index in [2.05, 4.69) is 50.2 Å². The van der Waals surface area contributed by atoms with Crippen LogP contribution in [0.15, 0.2) is 36.4 Å². The van der Waals surface area contributed by atoms with Crippen LogP contribution in [0.1, 0.15) is 25.7 Å². The van der Waals surface area contributed by atoms with E-state index in [1.807, 2.05) is 0 Å². The molecule has 3 rings (SSSR count). The van der Waals surface area contributed by atoms with Crippen molar-refractivity contribution in [2.45, 2.75) is 17.3 Å². The second-order valence-electron chi connectivity index (χ2n) is 4.73.